The summed E-state index contributed by atoms with van der Waals surface area (Å²) in [6.45, 7) is 0.286. The summed E-state index contributed by atoms with van der Waals surface area (Å²) in [4.78, 5) is 0. The number of hydrogen-bond donors (Lipinski definition) is 1. The molecule has 1 aliphatic heterocycles. The van der Waals surface area contributed by atoms with Crippen LogP contribution in [0.3, 0.4) is 0 Å². The van der Waals surface area contributed by atoms with Crippen molar-refractivity contribution in [1.29, 1.82) is 0 Å². The maximum atomic E-state index is 8.55. The SMILES string of the molecule is OCC/C=C\CC1CCCCS1. The number of rotatable bonds is 4. The Morgan fingerprint density at radius 3 is 2.92 bits per heavy atom. The molecule has 0 aromatic heterocycles. The van der Waals surface area contributed by atoms with E-state index in [0.29, 0.717) is 0 Å². The van der Waals surface area contributed by atoms with E-state index < -0.39 is 0 Å². The molecule has 0 spiro atoms. The minimum atomic E-state index is 0.286. The van der Waals surface area contributed by atoms with Gasteiger partial charge >= 0.3 is 0 Å². The molecule has 1 saturated heterocycles. The van der Waals surface area contributed by atoms with Crippen LogP contribution in [0.4, 0.5) is 0 Å². The fourth-order valence-electron chi connectivity index (χ4n) is 1.43. The van der Waals surface area contributed by atoms with E-state index in [9.17, 15) is 0 Å². The molecule has 0 aliphatic carbocycles. The Balaban J connectivity index is 2.04. The second-order valence-corrected chi connectivity index (χ2v) is 4.62. The summed E-state index contributed by atoms with van der Waals surface area (Å²) < 4.78 is 0. The molecule has 2 heteroatoms. The third kappa shape index (κ3) is 4.17. The van der Waals surface area contributed by atoms with Crippen LogP contribution in [-0.4, -0.2) is 22.7 Å². The Morgan fingerprint density at radius 1 is 1.33 bits per heavy atom. The monoisotopic (exact) mass is 186 g/mol. The van der Waals surface area contributed by atoms with Gasteiger partial charge in [0.05, 0.1) is 0 Å². The minimum Gasteiger partial charge on any atom is -0.396 e. The molecule has 1 rings (SSSR count). The maximum Gasteiger partial charge on any atom is 0.0465 e. The first-order valence-corrected chi connectivity index (χ1v) is 5.86. The standard InChI is InChI=1S/C10H18OS/c11-8-4-1-2-6-10-7-3-5-9-12-10/h1-2,10-11H,3-9H2/b2-1-. The van der Waals surface area contributed by atoms with E-state index >= 15 is 0 Å². The topological polar surface area (TPSA) is 20.2 Å². The van der Waals surface area contributed by atoms with Crippen LogP contribution in [0.5, 0.6) is 0 Å². The largest absolute Gasteiger partial charge is 0.396 e. The molecule has 1 nitrogen and oxygen atoms in total. The van der Waals surface area contributed by atoms with Crippen molar-refractivity contribution >= 4 is 11.8 Å². The van der Waals surface area contributed by atoms with Crippen LogP contribution < -0.4 is 0 Å². The fourth-order valence-corrected chi connectivity index (χ4v) is 2.72. The minimum absolute atomic E-state index is 0.286. The molecule has 70 valence electrons. The zero-order valence-electron chi connectivity index (χ0n) is 7.54. The summed E-state index contributed by atoms with van der Waals surface area (Å²) in [6.07, 6.45) is 10.5. The Morgan fingerprint density at radius 2 is 2.25 bits per heavy atom. The Hall–Kier alpha value is 0.0500. The molecule has 1 N–H and O–H groups in total. The van der Waals surface area contributed by atoms with Gasteiger partial charge in [-0.15, -0.1) is 0 Å². The molecule has 12 heavy (non-hydrogen) atoms. The number of allylic oxidation sites excluding steroid dienone is 1. The number of aliphatic hydroxyl groups is 1. The lowest BCUT2D eigenvalue weighted by atomic mass is 10.1. The van der Waals surface area contributed by atoms with Crippen molar-refractivity contribution in [2.45, 2.75) is 37.4 Å². The van der Waals surface area contributed by atoms with E-state index in [4.69, 9.17) is 5.11 Å². The van der Waals surface area contributed by atoms with Crippen molar-refractivity contribution in [3.63, 3.8) is 0 Å². The van der Waals surface area contributed by atoms with Crippen LogP contribution in [0, 0.1) is 0 Å². The molecule has 1 aliphatic rings. The average Bonchev–Trinajstić information content (AvgIpc) is 2.14. The summed E-state index contributed by atoms with van der Waals surface area (Å²) in [5.74, 6) is 1.35. The highest BCUT2D eigenvalue weighted by molar-refractivity contribution is 7.99. The number of aliphatic hydroxyl groups excluding tert-OH is 1. The van der Waals surface area contributed by atoms with Gasteiger partial charge in [0.15, 0.2) is 0 Å². The van der Waals surface area contributed by atoms with Crippen LogP contribution in [0.1, 0.15) is 32.1 Å². The first kappa shape index (κ1) is 10.1. The van der Waals surface area contributed by atoms with Crippen LogP contribution >= 0.6 is 11.8 Å². The average molecular weight is 186 g/mol. The van der Waals surface area contributed by atoms with Crippen molar-refractivity contribution in [3.8, 4) is 0 Å². The Bertz CT molecular complexity index is 128. The van der Waals surface area contributed by atoms with Crippen LogP contribution in [0.15, 0.2) is 12.2 Å². The third-order valence-electron chi connectivity index (χ3n) is 2.14. The first-order chi connectivity index (χ1) is 5.93. The fraction of sp³-hybridized carbons (Fsp3) is 0.800. The molecule has 0 saturated carbocycles. The van der Waals surface area contributed by atoms with Crippen LogP contribution in [-0.2, 0) is 0 Å². The van der Waals surface area contributed by atoms with Crippen LogP contribution in [0.2, 0.25) is 0 Å². The van der Waals surface area contributed by atoms with E-state index in [1.807, 2.05) is 0 Å². The smallest absolute Gasteiger partial charge is 0.0465 e. The van der Waals surface area contributed by atoms with Crippen LogP contribution in [0.25, 0.3) is 0 Å². The van der Waals surface area contributed by atoms with Crippen molar-refractivity contribution in [2.75, 3.05) is 12.4 Å². The van der Waals surface area contributed by atoms with Gasteiger partial charge in [0.25, 0.3) is 0 Å². The van der Waals surface area contributed by atoms with E-state index in [1.54, 1.807) is 0 Å². The molecule has 1 atom stereocenters. The molecule has 0 radical (unpaired) electrons. The summed E-state index contributed by atoms with van der Waals surface area (Å²) in [6, 6.07) is 0. The van der Waals surface area contributed by atoms with Gasteiger partial charge < -0.3 is 5.11 Å². The lowest BCUT2D eigenvalue weighted by Crippen LogP contribution is -2.07. The quantitative estimate of drug-likeness (QED) is 0.681. The lowest BCUT2D eigenvalue weighted by molar-refractivity contribution is 0.302. The van der Waals surface area contributed by atoms with Crippen molar-refractivity contribution in [2.24, 2.45) is 0 Å². The number of hydrogen-bond acceptors (Lipinski definition) is 2. The zero-order valence-corrected chi connectivity index (χ0v) is 8.35. The van der Waals surface area contributed by atoms with E-state index in [-0.39, 0.29) is 6.61 Å². The molecule has 1 heterocycles. The molecule has 1 unspecified atom stereocenters. The predicted molar refractivity (Wildman–Crippen MR) is 55.6 cm³/mol. The van der Waals surface area contributed by atoms with Crippen molar-refractivity contribution in [3.05, 3.63) is 12.2 Å². The van der Waals surface area contributed by atoms with Gasteiger partial charge in [-0.05, 0) is 31.4 Å². The zero-order chi connectivity index (χ0) is 8.65. The van der Waals surface area contributed by atoms with Gasteiger partial charge in [0, 0.05) is 11.9 Å². The predicted octanol–water partition coefficient (Wildman–Crippen LogP) is 2.60. The van der Waals surface area contributed by atoms with E-state index in [1.165, 1.54) is 31.4 Å². The van der Waals surface area contributed by atoms with Crippen molar-refractivity contribution in [1.82, 2.24) is 0 Å². The normalized spacial score (nSPS) is 24.9. The van der Waals surface area contributed by atoms with Gasteiger partial charge in [-0.1, -0.05) is 18.6 Å². The second-order valence-electron chi connectivity index (χ2n) is 3.21. The molecular formula is C10H18OS. The highest BCUT2D eigenvalue weighted by Gasteiger charge is 2.11. The highest BCUT2D eigenvalue weighted by atomic mass is 32.2. The van der Waals surface area contributed by atoms with Gasteiger partial charge in [0.2, 0.25) is 0 Å². The van der Waals surface area contributed by atoms with Gasteiger partial charge in [-0.25, -0.2) is 0 Å². The summed E-state index contributed by atoms with van der Waals surface area (Å²) in [5.41, 5.74) is 0. The van der Waals surface area contributed by atoms with E-state index in [2.05, 4.69) is 23.9 Å². The highest BCUT2D eigenvalue weighted by Crippen LogP contribution is 2.27. The summed E-state index contributed by atoms with van der Waals surface area (Å²) >= 11 is 2.11. The Kier molecular flexibility index (Phi) is 5.53. The molecular weight excluding hydrogens is 168 g/mol. The Labute approximate surface area is 79.2 Å². The maximum absolute atomic E-state index is 8.55. The van der Waals surface area contributed by atoms with E-state index in [0.717, 1.165) is 11.7 Å². The third-order valence-corrected chi connectivity index (χ3v) is 3.56. The summed E-state index contributed by atoms with van der Waals surface area (Å²) in [7, 11) is 0. The molecule has 0 bridgehead atoms. The van der Waals surface area contributed by atoms with Gasteiger partial charge in [-0.3, -0.25) is 0 Å². The lowest BCUT2D eigenvalue weighted by Gasteiger charge is -2.19. The molecule has 0 aromatic carbocycles. The molecule has 0 amide bonds. The van der Waals surface area contributed by atoms with Gasteiger partial charge in [0.1, 0.15) is 0 Å². The second kappa shape index (κ2) is 6.55. The summed E-state index contributed by atoms with van der Waals surface area (Å²) in [5, 5.41) is 9.40. The molecule has 0 aromatic rings. The first-order valence-electron chi connectivity index (χ1n) is 4.81. The number of thioether (sulfide) groups is 1. The van der Waals surface area contributed by atoms with Crippen molar-refractivity contribution < 1.29 is 5.11 Å². The molecule has 1 fully saturated rings. The van der Waals surface area contributed by atoms with Gasteiger partial charge in [-0.2, -0.15) is 11.8 Å².